The quantitative estimate of drug-likeness (QED) is 0.775. The molecule has 18 heavy (non-hydrogen) atoms. The SMILES string of the molecule is COc1c(OC)c(C=O)c2ccccc2c1C=O. The number of carbonyl (C=O) groups excluding carboxylic acids is 2. The van der Waals surface area contributed by atoms with E-state index in [1.54, 1.807) is 24.3 Å². The fraction of sp³-hybridized carbons (Fsp3) is 0.143. The summed E-state index contributed by atoms with van der Waals surface area (Å²) in [5, 5.41) is 1.35. The first kappa shape index (κ1) is 12.1. The molecular weight excluding hydrogens is 232 g/mol. The zero-order valence-electron chi connectivity index (χ0n) is 10.1. The van der Waals surface area contributed by atoms with E-state index < -0.39 is 0 Å². The second kappa shape index (κ2) is 4.87. The predicted molar refractivity (Wildman–Crippen MR) is 67.8 cm³/mol. The topological polar surface area (TPSA) is 52.6 Å². The molecule has 0 spiro atoms. The van der Waals surface area contributed by atoms with E-state index in [0.717, 1.165) is 0 Å². The lowest BCUT2D eigenvalue weighted by molar-refractivity contribution is 0.110. The molecule has 0 N–H and O–H groups in total. The van der Waals surface area contributed by atoms with Crippen LogP contribution in [0.3, 0.4) is 0 Å². The van der Waals surface area contributed by atoms with Gasteiger partial charge in [0, 0.05) is 0 Å². The summed E-state index contributed by atoms with van der Waals surface area (Å²) >= 11 is 0. The molecule has 0 bridgehead atoms. The van der Waals surface area contributed by atoms with E-state index in [4.69, 9.17) is 9.47 Å². The van der Waals surface area contributed by atoms with Gasteiger partial charge in [-0.3, -0.25) is 9.59 Å². The number of benzene rings is 2. The maximum absolute atomic E-state index is 11.2. The van der Waals surface area contributed by atoms with E-state index in [1.807, 2.05) is 0 Å². The molecule has 0 aliphatic heterocycles. The Kier molecular flexibility index (Phi) is 3.28. The molecule has 0 heterocycles. The van der Waals surface area contributed by atoms with Gasteiger partial charge in [0.05, 0.1) is 25.3 Å². The first-order chi connectivity index (χ1) is 8.78. The van der Waals surface area contributed by atoms with E-state index in [0.29, 0.717) is 34.5 Å². The minimum atomic E-state index is 0.285. The lowest BCUT2D eigenvalue weighted by Crippen LogP contribution is -2.01. The Hall–Kier alpha value is -2.36. The van der Waals surface area contributed by atoms with E-state index in [9.17, 15) is 9.59 Å². The van der Waals surface area contributed by atoms with Gasteiger partial charge in [0.15, 0.2) is 24.1 Å². The van der Waals surface area contributed by atoms with Gasteiger partial charge in [-0.15, -0.1) is 0 Å². The van der Waals surface area contributed by atoms with Crippen molar-refractivity contribution >= 4 is 23.3 Å². The third-order valence-electron chi connectivity index (χ3n) is 2.85. The van der Waals surface area contributed by atoms with Crippen molar-refractivity contribution < 1.29 is 19.1 Å². The number of rotatable bonds is 4. The van der Waals surface area contributed by atoms with E-state index >= 15 is 0 Å². The van der Waals surface area contributed by atoms with Crippen LogP contribution in [0.25, 0.3) is 10.8 Å². The monoisotopic (exact) mass is 244 g/mol. The zero-order chi connectivity index (χ0) is 13.1. The van der Waals surface area contributed by atoms with Gasteiger partial charge in [0.1, 0.15) is 0 Å². The van der Waals surface area contributed by atoms with Crippen molar-refractivity contribution in [2.75, 3.05) is 14.2 Å². The number of hydrogen-bond acceptors (Lipinski definition) is 4. The minimum Gasteiger partial charge on any atom is -0.492 e. The van der Waals surface area contributed by atoms with Crippen molar-refractivity contribution in [3.05, 3.63) is 35.4 Å². The summed E-state index contributed by atoms with van der Waals surface area (Å²) in [6, 6.07) is 7.15. The summed E-state index contributed by atoms with van der Waals surface area (Å²) in [5.74, 6) is 0.571. The molecule has 0 saturated carbocycles. The maximum Gasteiger partial charge on any atom is 0.172 e. The molecule has 0 radical (unpaired) electrons. The van der Waals surface area contributed by atoms with E-state index in [2.05, 4.69) is 0 Å². The number of fused-ring (bicyclic) bond motifs is 1. The predicted octanol–water partition coefficient (Wildman–Crippen LogP) is 2.48. The van der Waals surface area contributed by atoms with Crippen molar-refractivity contribution in [3.63, 3.8) is 0 Å². The second-order valence-corrected chi connectivity index (χ2v) is 3.68. The molecule has 0 amide bonds. The van der Waals surface area contributed by atoms with Crippen LogP contribution in [0, 0.1) is 0 Å². The molecule has 4 nitrogen and oxygen atoms in total. The molecule has 0 saturated heterocycles. The highest BCUT2D eigenvalue weighted by molar-refractivity contribution is 6.10. The number of ether oxygens (including phenoxy) is 2. The largest absolute Gasteiger partial charge is 0.492 e. The molecule has 92 valence electrons. The van der Waals surface area contributed by atoms with Crippen molar-refractivity contribution in [1.29, 1.82) is 0 Å². The molecule has 0 aliphatic rings. The average Bonchev–Trinajstić information content (AvgIpc) is 2.44. The Bertz CT molecular complexity index is 562. The van der Waals surface area contributed by atoms with Gasteiger partial charge >= 0.3 is 0 Å². The molecule has 0 fully saturated rings. The van der Waals surface area contributed by atoms with E-state index in [-0.39, 0.29) is 11.5 Å². The smallest absolute Gasteiger partial charge is 0.172 e. The van der Waals surface area contributed by atoms with Crippen LogP contribution in [0.5, 0.6) is 11.5 Å². The maximum atomic E-state index is 11.2. The van der Waals surface area contributed by atoms with Crippen LogP contribution in [0.15, 0.2) is 24.3 Å². The third kappa shape index (κ3) is 1.62. The molecule has 4 heteroatoms. The van der Waals surface area contributed by atoms with Crippen LogP contribution in [-0.4, -0.2) is 26.8 Å². The summed E-state index contributed by atoms with van der Waals surface area (Å²) < 4.78 is 10.4. The molecule has 0 unspecified atom stereocenters. The minimum absolute atomic E-state index is 0.285. The summed E-state index contributed by atoms with van der Waals surface area (Å²) in [6.45, 7) is 0. The van der Waals surface area contributed by atoms with Crippen LogP contribution in [0.2, 0.25) is 0 Å². The van der Waals surface area contributed by atoms with Gasteiger partial charge in [-0.25, -0.2) is 0 Å². The van der Waals surface area contributed by atoms with Crippen LogP contribution >= 0.6 is 0 Å². The van der Waals surface area contributed by atoms with Gasteiger partial charge in [-0.05, 0) is 10.8 Å². The Morgan fingerprint density at radius 3 is 1.50 bits per heavy atom. The lowest BCUT2D eigenvalue weighted by atomic mass is 9.98. The van der Waals surface area contributed by atoms with Gasteiger partial charge < -0.3 is 9.47 Å². The summed E-state index contributed by atoms with van der Waals surface area (Å²) in [5.41, 5.74) is 0.770. The summed E-state index contributed by atoms with van der Waals surface area (Å²) in [4.78, 5) is 22.5. The van der Waals surface area contributed by atoms with Gasteiger partial charge in [-0.1, -0.05) is 24.3 Å². The Morgan fingerprint density at radius 1 is 0.833 bits per heavy atom. The van der Waals surface area contributed by atoms with Crippen LogP contribution < -0.4 is 9.47 Å². The zero-order valence-corrected chi connectivity index (χ0v) is 10.1. The molecule has 0 aliphatic carbocycles. The number of hydrogen-bond donors (Lipinski definition) is 0. The van der Waals surface area contributed by atoms with Crippen LogP contribution in [0.1, 0.15) is 20.7 Å². The average molecular weight is 244 g/mol. The number of carbonyl (C=O) groups is 2. The molecule has 2 rings (SSSR count). The highest BCUT2D eigenvalue weighted by atomic mass is 16.5. The molecule has 0 atom stereocenters. The molecule has 0 aromatic heterocycles. The molecule has 2 aromatic carbocycles. The number of aldehydes is 2. The van der Waals surface area contributed by atoms with Crippen molar-refractivity contribution in [2.45, 2.75) is 0 Å². The lowest BCUT2D eigenvalue weighted by Gasteiger charge is -2.15. The molecular formula is C14H12O4. The summed E-state index contributed by atoms with van der Waals surface area (Å²) in [6.07, 6.45) is 1.41. The second-order valence-electron chi connectivity index (χ2n) is 3.68. The van der Waals surface area contributed by atoms with Gasteiger partial charge in [0.2, 0.25) is 0 Å². The highest BCUT2D eigenvalue weighted by Crippen LogP contribution is 2.39. The third-order valence-corrected chi connectivity index (χ3v) is 2.85. The van der Waals surface area contributed by atoms with Crippen molar-refractivity contribution in [3.8, 4) is 11.5 Å². The van der Waals surface area contributed by atoms with E-state index in [1.165, 1.54) is 14.2 Å². The normalized spacial score (nSPS) is 10.1. The fourth-order valence-corrected chi connectivity index (χ4v) is 2.08. The Balaban J connectivity index is 3.03. The Morgan fingerprint density at radius 2 is 1.22 bits per heavy atom. The highest BCUT2D eigenvalue weighted by Gasteiger charge is 2.19. The molecule has 2 aromatic rings. The summed E-state index contributed by atoms with van der Waals surface area (Å²) in [7, 11) is 2.88. The van der Waals surface area contributed by atoms with Crippen molar-refractivity contribution in [1.82, 2.24) is 0 Å². The van der Waals surface area contributed by atoms with Crippen molar-refractivity contribution in [2.24, 2.45) is 0 Å². The van der Waals surface area contributed by atoms with Crippen LogP contribution in [0.4, 0.5) is 0 Å². The van der Waals surface area contributed by atoms with Crippen LogP contribution in [-0.2, 0) is 0 Å². The first-order valence-electron chi connectivity index (χ1n) is 5.35. The Labute approximate surface area is 104 Å². The van der Waals surface area contributed by atoms with Gasteiger partial charge in [-0.2, -0.15) is 0 Å². The number of methoxy groups -OCH3 is 2. The first-order valence-corrected chi connectivity index (χ1v) is 5.35. The van der Waals surface area contributed by atoms with Gasteiger partial charge in [0.25, 0.3) is 0 Å². The fourth-order valence-electron chi connectivity index (χ4n) is 2.08. The standard InChI is InChI=1S/C14H12O4/c1-17-13-11(7-15)9-5-3-4-6-10(9)12(8-16)14(13)18-2/h3-8H,1-2H3.